The fourth-order valence-electron chi connectivity index (χ4n) is 3.07. The number of carbonyl (C=O) groups excluding carboxylic acids is 1. The fourth-order valence-corrected chi connectivity index (χ4v) is 4.27. The van der Waals surface area contributed by atoms with Gasteiger partial charge in [0, 0.05) is 6.54 Å². The van der Waals surface area contributed by atoms with Crippen molar-refractivity contribution in [1.29, 1.82) is 0 Å². The summed E-state index contributed by atoms with van der Waals surface area (Å²) < 4.78 is 43.7. The summed E-state index contributed by atoms with van der Waals surface area (Å²) >= 11 is 0. The van der Waals surface area contributed by atoms with Crippen molar-refractivity contribution in [3.05, 3.63) is 47.5 Å². The van der Waals surface area contributed by atoms with Gasteiger partial charge >= 0.3 is 0 Å². The summed E-state index contributed by atoms with van der Waals surface area (Å²) in [6.45, 7) is 7.80. The van der Waals surface area contributed by atoms with Crippen LogP contribution in [0, 0.1) is 0 Å². The van der Waals surface area contributed by atoms with Crippen LogP contribution < -0.4 is 24.2 Å². The maximum absolute atomic E-state index is 12.7. The van der Waals surface area contributed by atoms with Crippen LogP contribution in [-0.2, 0) is 26.8 Å². The Morgan fingerprint density at radius 2 is 1.50 bits per heavy atom. The highest BCUT2D eigenvalue weighted by Gasteiger charge is 2.23. The maximum atomic E-state index is 12.7. The third kappa shape index (κ3) is 6.14. The van der Waals surface area contributed by atoms with Crippen LogP contribution >= 0.6 is 0 Å². The number of benzene rings is 2. The van der Waals surface area contributed by atoms with Gasteiger partial charge in [0.25, 0.3) is 0 Å². The maximum Gasteiger partial charge on any atom is 0.241 e. The highest BCUT2D eigenvalue weighted by atomic mass is 32.2. The molecule has 0 saturated heterocycles. The number of sulfonamides is 1. The minimum absolute atomic E-state index is 0.0876. The summed E-state index contributed by atoms with van der Waals surface area (Å²) in [5.41, 5.74) is 1.64. The number of amides is 1. The predicted molar refractivity (Wildman–Crippen MR) is 123 cm³/mol. The lowest BCUT2D eigenvalue weighted by Crippen LogP contribution is -2.44. The highest BCUT2D eigenvalue weighted by Crippen LogP contribution is 2.38. The van der Waals surface area contributed by atoms with Gasteiger partial charge in [-0.1, -0.05) is 32.9 Å². The summed E-state index contributed by atoms with van der Waals surface area (Å²) in [6, 6.07) is 9.12. The third-order valence-corrected chi connectivity index (χ3v) is 6.50. The van der Waals surface area contributed by atoms with Gasteiger partial charge in [-0.25, -0.2) is 8.42 Å². The molecule has 0 fully saturated rings. The Morgan fingerprint density at radius 1 is 0.969 bits per heavy atom. The molecule has 0 saturated carbocycles. The Hall–Kier alpha value is -2.78. The van der Waals surface area contributed by atoms with E-state index in [9.17, 15) is 13.2 Å². The highest BCUT2D eigenvalue weighted by molar-refractivity contribution is 7.89. The van der Waals surface area contributed by atoms with Crippen LogP contribution in [0.1, 0.15) is 38.8 Å². The number of hydrogen-bond donors (Lipinski definition) is 2. The summed E-state index contributed by atoms with van der Waals surface area (Å²) in [4.78, 5) is 12.6. The van der Waals surface area contributed by atoms with Crippen molar-refractivity contribution in [1.82, 2.24) is 10.0 Å². The van der Waals surface area contributed by atoms with E-state index in [1.165, 1.54) is 28.3 Å². The molecule has 1 atom stereocenters. The summed E-state index contributed by atoms with van der Waals surface area (Å²) in [7, 11) is 0.668. The second-order valence-corrected chi connectivity index (χ2v) is 10.1. The van der Waals surface area contributed by atoms with Gasteiger partial charge in [0.2, 0.25) is 21.7 Å². The van der Waals surface area contributed by atoms with Crippen LogP contribution in [0.2, 0.25) is 0 Å². The molecule has 0 unspecified atom stereocenters. The first kappa shape index (κ1) is 25.5. The molecule has 0 spiro atoms. The largest absolute Gasteiger partial charge is 0.493 e. The molecule has 0 heterocycles. The molecular formula is C23H32N2O6S. The number of carbonyl (C=O) groups is 1. The average molecular weight is 465 g/mol. The normalized spacial score (nSPS) is 12.7. The van der Waals surface area contributed by atoms with Gasteiger partial charge in [0.05, 0.1) is 32.3 Å². The SMILES string of the molecule is COc1cc(CNC(=O)[C@H](C)NS(=O)(=O)c2ccc(C(C)(C)C)cc2)cc(OC)c1OC. The smallest absolute Gasteiger partial charge is 0.241 e. The summed E-state index contributed by atoms with van der Waals surface area (Å²) in [5, 5.41) is 2.72. The Morgan fingerprint density at radius 3 is 1.94 bits per heavy atom. The van der Waals surface area contributed by atoms with Gasteiger partial charge in [-0.2, -0.15) is 4.72 Å². The zero-order chi connectivity index (χ0) is 24.1. The lowest BCUT2D eigenvalue weighted by atomic mass is 9.87. The molecule has 2 N–H and O–H groups in total. The molecule has 0 bridgehead atoms. The van der Waals surface area contributed by atoms with Gasteiger partial charge in [0.15, 0.2) is 11.5 Å². The van der Waals surface area contributed by atoms with Crippen molar-refractivity contribution in [3.63, 3.8) is 0 Å². The minimum Gasteiger partial charge on any atom is -0.493 e. The van der Waals surface area contributed by atoms with Crippen molar-refractivity contribution in [2.45, 2.75) is 50.6 Å². The topological polar surface area (TPSA) is 103 Å². The number of rotatable bonds is 9. The molecular weight excluding hydrogens is 432 g/mol. The summed E-state index contributed by atoms with van der Waals surface area (Å²) in [5.74, 6) is 0.907. The second-order valence-electron chi connectivity index (χ2n) is 8.37. The monoisotopic (exact) mass is 464 g/mol. The van der Waals surface area contributed by atoms with Gasteiger partial charge in [-0.05, 0) is 47.7 Å². The summed E-state index contributed by atoms with van der Waals surface area (Å²) in [6.07, 6.45) is 0. The average Bonchev–Trinajstić information content (AvgIpc) is 2.75. The second kappa shape index (κ2) is 10.2. The molecule has 32 heavy (non-hydrogen) atoms. The number of hydrogen-bond acceptors (Lipinski definition) is 6. The van der Waals surface area contributed by atoms with E-state index in [0.717, 1.165) is 5.56 Å². The molecule has 0 aliphatic heterocycles. The van der Waals surface area contributed by atoms with Crippen LogP contribution in [0.3, 0.4) is 0 Å². The van der Waals surface area contributed by atoms with E-state index in [1.807, 2.05) is 0 Å². The van der Waals surface area contributed by atoms with Gasteiger partial charge in [0.1, 0.15) is 0 Å². The molecule has 2 aromatic carbocycles. The van der Waals surface area contributed by atoms with Gasteiger partial charge < -0.3 is 19.5 Å². The van der Waals surface area contributed by atoms with Crippen molar-refractivity contribution in [2.75, 3.05) is 21.3 Å². The Bertz CT molecular complexity index is 1020. The molecule has 0 radical (unpaired) electrons. The number of nitrogens with one attached hydrogen (secondary N) is 2. The Labute approximate surface area is 190 Å². The third-order valence-electron chi connectivity index (χ3n) is 4.95. The zero-order valence-corrected chi connectivity index (χ0v) is 20.4. The Kier molecular flexibility index (Phi) is 8.14. The molecule has 176 valence electrons. The van der Waals surface area contributed by atoms with E-state index in [2.05, 4.69) is 30.8 Å². The van der Waals surface area contributed by atoms with E-state index in [4.69, 9.17) is 14.2 Å². The van der Waals surface area contributed by atoms with Crippen molar-refractivity contribution in [3.8, 4) is 17.2 Å². The van der Waals surface area contributed by atoms with Crippen LogP contribution in [-0.4, -0.2) is 41.7 Å². The van der Waals surface area contributed by atoms with E-state index in [0.29, 0.717) is 22.8 Å². The van der Waals surface area contributed by atoms with E-state index < -0.39 is 22.0 Å². The van der Waals surface area contributed by atoms with Crippen LogP contribution in [0.5, 0.6) is 17.2 Å². The minimum atomic E-state index is -3.85. The zero-order valence-electron chi connectivity index (χ0n) is 19.6. The van der Waals surface area contributed by atoms with Crippen molar-refractivity contribution in [2.24, 2.45) is 0 Å². The predicted octanol–water partition coefficient (Wildman–Crippen LogP) is 2.99. The lowest BCUT2D eigenvalue weighted by Gasteiger charge is -2.19. The lowest BCUT2D eigenvalue weighted by molar-refractivity contribution is -0.122. The van der Waals surface area contributed by atoms with E-state index in [-0.39, 0.29) is 16.9 Å². The van der Waals surface area contributed by atoms with E-state index in [1.54, 1.807) is 36.4 Å². The molecule has 8 nitrogen and oxygen atoms in total. The van der Waals surface area contributed by atoms with Crippen LogP contribution in [0.25, 0.3) is 0 Å². The van der Waals surface area contributed by atoms with Crippen molar-refractivity contribution >= 4 is 15.9 Å². The van der Waals surface area contributed by atoms with Gasteiger partial charge in [-0.3, -0.25) is 4.79 Å². The molecule has 0 aliphatic rings. The molecule has 1 amide bonds. The van der Waals surface area contributed by atoms with Crippen molar-refractivity contribution < 1.29 is 27.4 Å². The van der Waals surface area contributed by atoms with Gasteiger partial charge in [-0.15, -0.1) is 0 Å². The van der Waals surface area contributed by atoms with E-state index >= 15 is 0 Å². The quantitative estimate of drug-likeness (QED) is 0.591. The first-order valence-corrected chi connectivity index (χ1v) is 11.6. The molecule has 2 aromatic rings. The first-order chi connectivity index (χ1) is 14.9. The number of ether oxygens (including phenoxy) is 3. The first-order valence-electron chi connectivity index (χ1n) is 10.1. The molecule has 9 heteroatoms. The Balaban J connectivity index is 2.07. The van der Waals surface area contributed by atoms with Crippen LogP contribution in [0.15, 0.2) is 41.3 Å². The fraction of sp³-hybridized carbons (Fsp3) is 0.435. The molecule has 2 rings (SSSR count). The van der Waals surface area contributed by atoms with Crippen LogP contribution in [0.4, 0.5) is 0 Å². The standard InChI is InChI=1S/C23H32N2O6S/c1-15(25-32(27,28)18-10-8-17(9-11-18)23(2,3)4)22(26)24-14-16-12-19(29-5)21(31-7)20(13-16)30-6/h8-13,15,25H,14H2,1-7H3,(H,24,26)/t15-/m0/s1. The number of methoxy groups -OCH3 is 3. The molecule has 0 aliphatic carbocycles. The molecule has 0 aromatic heterocycles.